The molecule has 1 aromatic rings. The van der Waals surface area contributed by atoms with Crippen LogP contribution in [0.15, 0.2) is 30.3 Å². The molecule has 1 aliphatic carbocycles. The van der Waals surface area contributed by atoms with Gasteiger partial charge in [-0.2, -0.15) is 0 Å². The van der Waals surface area contributed by atoms with Gasteiger partial charge in [0, 0.05) is 31.0 Å². The van der Waals surface area contributed by atoms with Crippen LogP contribution >= 0.6 is 0 Å². The lowest BCUT2D eigenvalue weighted by Gasteiger charge is -2.43. The first kappa shape index (κ1) is 18.0. The molecule has 4 nitrogen and oxygen atoms in total. The Hall–Kier alpha value is -1.84. The van der Waals surface area contributed by atoms with Crippen molar-refractivity contribution in [2.24, 2.45) is 11.8 Å². The van der Waals surface area contributed by atoms with Crippen LogP contribution in [0, 0.1) is 11.8 Å². The second kappa shape index (κ2) is 7.59. The second-order valence-corrected chi connectivity index (χ2v) is 8.00. The van der Waals surface area contributed by atoms with Crippen molar-refractivity contribution in [1.29, 1.82) is 0 Å². The van der Waals surface area contributed by atoms with Crippen molar-refractivity contribution in [3.63, 3.8) is 0 Å². The lowest BCUT2D eigenvalue weighted by Crippen LogP contribution is -2.50. The first-order valence-electron chi connectivity index (χ1n) is 9.64. The van der Waals surface area contributed by atoms with Crippen molar-refractivity contribution in [2.75, 3.05) is 19.6 Å². The summed E-state index contributed by atoms with van der Waals surface area (Å²) >= 11 is 0. The summed E-state index contributed by atoms with van der Waals surface area (Å²) in [4.78, 5) is 26.8. The number of benzene rings is 1. The zero-order valence-electron chi connectivity index (χ0n) is 15.5. The summed E-state index contributed by atoms with van der Waals surface area (Å²) in [5.74, 6) is 0.211. The topological polar surface area (TPSA) is 49.4 Å². The SMILES string of the molecule is CC(C)C(=O)N1CCC[C@@H](C(=O)NCC2(c3ccccc3)CCC2)C1. The van der Waals surface area contributed by atoms with Crippen LogP contribution < -0.4 is 5.32 Å². The van der Waals surface area contributed by atoms with Crippen LogP contribution in [0.3, 0.4) is 0 Å². The number of hydrogen-bond acceptors (Lipinski definition) is 2. The number of carbonyl (C=O) groups excluding carboxylic acids is 2. The molecule has 2 fully saturated rings. The molecule has 0 spiro atoms. The molecule has 1 atom stereocenters. The third-order valence-corrected chi connectivity index (χ3v) is 5.90. The van der Waals surface area contributed by atoms with E-state index in [1.165, 1.54) is 12.0 Å². The second-order valence-electron chi connectivity index (χ2n) is 8.00. The number of nitrogens with zero attached hydrogens (tertiary/aromatic N) is 1. The van der Waals surface area contributed by atoms with Crippen molar-refractivity contribution in [1.82, 2.24) is 10.2 Å². The predicted molar refractivity (Wildman–Crippen MR) is 99.1 cm³/mol. The van der Waals surface area contributed by atoms with Crippen LogP contribution in [0.2, 0.25) is 0 Å². The molecule has 25 heavy (non-hydrogen) atoms. The van der Waals surface area contributed by atoms with Crippen LogP contribution in [-0.2, 0) is 15.0 Å². The van der Waals surface area contributed by atoms with Crippen LogP contribution in [-0.4, -0.2) is 36.3 Å². The molecule has 0 unspecified atom stereocenters. The minimum Gasteiger partial charge on any atom is -0.355 e. The van der Waals surface area contributed by atoms with E-state index < -0.39 is 0 Å². The van der Waals surface area contributed by atoms with E-state index in [0.29, 0.717) is 13.1 Å². The molecule has 1 saturated carbocycles. The largest absolute Gasteiger partial charge is 0.355 e. The normalized spacial score (nSPS) is 22.4. The first-order valence-corrected chi connectivity index (χ1v) is 9.64. The predicted octanol–water partition coefficient (Wildman–Crippen LogP) is 3.12. The van der Waals surface area contributed by atoms with E-state index in [1.54, 1.807) is 0 Å². The highest BCUT2D eigenvalue weighted by molar-refractivity contribution is 5.82. The van der Waals surface area contributed by atoms with E-state index in [9.17, 15) is 9.59 Å². The zero-order valence-corrected chi connectivity index (χ0v) is 15.5. The quantitative estimate of drug-likeness (QED) is 0.894. The Kier molecular flexibility index (Phi) is 5.45. The van der Waals surface area contributed by atoms with E-state index in [2.05, 4.69) is 29.6 Å². The van der Waals surface area contributed by atoms with Gasteiger partial charge in [-0.1, -0.05) is 50.6 Å². The van der Waals surface area contributed by atoms with Gasteiger partial charge in [-0.3, -0.25) is 9.59 Å². The molecule has 0 radical (unpaired) electrons. The van der Waals surface area contributed by atoms with E-state index in [4.69, 9.17) is 0 Å². The summed E-state index contributed by atoms with van der Waals surface area (Å²) in [5, 5.41) is 3.21. The Morgan fingerprint density at radius 1 is 1.20 bits per heavy atom. The molecule has 1 aliphatic heterocycles. The van der Waals surface area contributed by atoms with E-state index in [1.807, 2.05) is 24.8 Å². The van der Waals surface area contributed by atoms with Crippen molar-refractivity contribution < 1.29 is 9.59 Å². The molecular formula is C21H30N2O2. The van der Waals surface area contributed by atoms with Crippen LogP contribution in [0.1, 0.15) is 51.5 Å². The lowest BCUT2D eigenvalue weighted by atomic mass is 9.64. The van der Waals surface area contributed by atoms with Gasteiger partial charge in [0.2, 0.25) is 11.8 Å². The molecule has 1 heterocycles. The monoisotopic (exact) mass is 342 g/mol. The summed E-state index contributed by atoms with van der Waals surface area (Å²) in [6.07, 6.45) is 5.30. The van der Waals surface area contributed by atoms with Gasteiger partial charge in [-0.05, 0) is 31.2 Å². The summed E-state index contributed by atoms with van der Waals surface area (Å²) < 4.78 is 0. The Balaban J connectivity index is 1.58. The third-order valence-electron chi connectivity index (χ3n) is 5.90. The standard InChI is InChI=1S/C21H30N2O2/c1-16(2)20(25)23-13-6-8-17(14-23)19(24)22-15-21(11-7-12-21)18-9-4-3-5-10-18/h3-5,9-10,16-17H,6-8,11-15H2,1-2H3,(H,22,24)/t17-/m1/s1. The maximum atomic E-state index is 12.7. The first-order chi connectivity index (χ1) is 12.0. The molecule has 2 amide bonds. The molecular weight excluding hydrogens is 312 g/mol. The average molecular weight is 342 g/mol. The molecule has 1 saturated heterocycles. The van der Waals surface area contributed by atoms with Gasteiger partial charge in [-0.25, -0.2) is 0 Å². The summed E-state index contributed by atoms with van der Waals surface area (Å²) in [7, 11) is 0. The smallest absolute Gasteiger partial charge is 0.225 e. The molecule has 0 bridgehead atoms. The number of amides is 2. The molecule has 136 valence electrons. The van der Waals surface area contributed by atoms with Crippen LogP contribution in [0.5, 0.6) is 0 Å². The molecule has 3 rings (SSSR count). The fourth-order valence-corrected chi connectivity index (χ4v) is 4.12. The fraction of sp³-hybridized carbons (Fsp3) is 0.619. The maximum Gasteiger partial charge on any atom is 0.225 e. The Bertz CT molecular complexity index is 608. The zero-order chi connectivity index (χ0) is 17.9. The minimum absolute atomic E-state index is 0.00172. The lowest BCUT2D eigenvalue weighted by molar-refractivity contribution is -0.138. The number of nitrogens with one attached hydrogen (secondary N) is 1. The highest BCUT2D eigenvalue weighted by atomic mass is 16.2. The molecule has 0 aromatic heterocycles. The van der Waals surface area contributed by atoms with Crippen LogP contribution in [0.25, 0.3) is 0 Å². The van der Waals surface area contributed by atoms with Crippen LogP contribution in [0.4, 0.5) is 0 Å². The molecule has 4 heteroatoms. The summed E-state index contributed by atoms with van der Waals surface area (Å²) in [6.45, 7) is 5.92. The molecule has 1 aromatic carbocycles. The van der Waals surface area contributed by atoms with Gasteiger partial charge in [0.25, 0.3) is 0 Å². The van der Waals surface area contributed by atoms with E-state index >= 15 is 0 Å². The van der Waals surface area contributed by atoms with Crippen molar-refractivity contribution >= 4 is 11.8 Å². The summed E-state index contributed by atoms with van der Waals surface area (Å²) in [6, 6.07) is 10.5. The van der Waals surface area contributed by atoms with Crippen molar-refractivity contribution in [3.05, 3.63) is 35.9 Å². The minimum atomic E-state index is -0.0654. The Morgan fingerprint density at radius 2 is 1.92 bits per heavy atom. The van der Waals surface area contributed by atoms with E-state index in [0.717, 1.165) is 32.2 Å². The van der Waals surface area contributed by atoms with Gasteiger partial charge in [-0.15, -0.1) is 0 Å². The summed E-state index contributed by atoms with van der Waals surface area (Å²) in [5.41, 5.74) is 1.45. The number of rotatable bonds is 5. The van der Waals surface area contributed by atoms with Gasteiger partial charge in [0.15, 0.2) is 0 Å². The third kappa shape index (κ3) is 3.88. The van der Waals surface area contributed by atoms with E-state index in [-0.39, 0.29) is 29.1 Å². The van der Waals surface area contributed by atoms with Crippen molar-refractivity contribution in [3.8, 4) is 0 Å². The Labute approximate surface area is 151 Å². The average Bonchev–Trinajstić information content (AvgIpc) is 2.61. The molecule has 2 aliphatic rings. The molecule has 1 N–H and O–H groups in total. The van der Waals surface area contributed by atoms with Gasteiger partial charge in [0.05, 0.1) is 5.92 Å². The highest BCUT2D eigenvalue weighted by Crippen LogP contribution is 2.43. The van der Waals surface area contributed by atoms with Gasteiger partial charge < -0.3 is 10.2 Å². The number of likely N-dealkylation sites (tertiary alicyclic amines) is 1. The number of carbonyl (C=O) groups is 2. The van der Waals surface area contributed by atoms with Gasteiger partial charge in [0.1, 0.15) is 0 Å². The Morgan fingerprint density at radius 3 is 2.52 bits per heavy atom. The van der Waals surface area contributed by atoms with Gasteiger partial charge >= 0.3 is 0 Å². The number of hydrogen-bond donors (Lipinski definition) is 1. The maximum absolute atomic E-state index is 12.7. The van der Waals surface area contributed by atoms with Crippen molar-refractivity contribution in [2.45, 2.75) is 51.4 Å². The number of piperidine rings is 1. The fourth-order valence-electron chi connectivity index (χ4n) is 4.12. The highest BCUT2D eigenvalue weighted by Gasteiger charge is 2.39.